The number of rotatable bonds is 4. The van der Waals surface area contributed by atoms with Gasteiger partial charge in [-0.25, -0.2) is 9.97 Å². The molecule has 0 atom stereocenters. The van der Waals surface area contributed by atoms with Gasteiger partial charge in [0.1, 0.15) is 12.0 Å². The molecule has 4 nitrogen and oxygen atoms in total. The summed E-state index contributed by atoms with van der Waals surface area (Å²) in [5, 5.41) is 0. The van der Waals surface area contributed by atoms with Crippen molar-refractivity contribution in [3.05, 3.63) is 53.5 Å². The lowest BCUT2D eigenvalue weighted by Crippen LogP contribution is -2.08. The number of ether oxygens (including phenoxy) is 1. The zero-order valence-corrected chi connectivity index (χ0v) is 11.0. The quantitative estimate of drug-likeness (QED) is 0.814. The molecule has 2 rings (SSSR count). The molecule has 0 spiro atoms. The first kappa shape index (κ1) is 15.0. The van der Waals surface area contributed by atoms with E-state index in [1.165, 1.54) is 31.6 Å². The van der Waals surface area contributed by atoms with E-state index in [1.807, 2.05) is 0 Å². The predicted molar refractivity (Wildman–Crippen MR) is 68.1 cm³/mol. The lowest BCUT2D eigenvalue weighted by Gasteiger charge is -2.07. The van der Waals surface area contributed by atoms with E-state index in [0.717, 1.165) is 12.1 Å². The Morgan fingerprint density at radius 1 is 1.19 bits per heavy atom. The molecule has 0 saturated heterocycles. The van der Waals surface area contributed by atoms with Crippen LogP contribution >= 0.6 is 0 Å². The summed E-state index contributed by atoms with van der Waals surface area (Å²) in [6.45, 7) is 0. The molecule has 0 unspecified atom stereocenters. The molecular weight excluding hydrogens is 285 g/mol. The lowest BCUT2D eigenvalue weighted by atomic mass is 10.0. The van der Waals surface area contributed by atoms with Crippen molar-refractivity contribution in [3.63, 3.8) is 0 Å². The number of alkyl halides is 3. The Labute approximate surface area is 118 Å². The molecule has 1 heterocycles. The van der Waals surface area contributed by atoms with Crippen molar-refractivity contribution < 1.29 is 22.7 Å². The average molecular weight is 296 g/mol. The van der Waals surface area contributed by atoms with Crippen LogP contribution in [-0.4, -0.2) is 22.9 Å². The first-order valence-electron chi connectivity index (χ1n) is 5.95. The van der Waals surface area contributed by atoms with E-state index in [1.54, 1.807) is 0 Å². The number of ketones is 1. The number of nitrogens with zero attached hydrogens (tertiary/aromatic N) is 2. The Kier molecular flexibility index (Phi) is 4.21. The maximum Gasteiger partial charge on any atom is 0.416 e. The fourth-order valence-corrected chi connectivity index (χ4v) is 1.69. The van der Waals surface area contributed by atoms with Crippen LogP contribution in [0.5, 0.6) is 5.88 Å². The first-order valence-corrected chi connectivity index (χ1v) is 5.95. The second-order valence-electron chi connectivity index (χ2n) is 4.24. The van der Waals surface area contributed by atoms with Gasteiger partial charge in [-0.3, -0.25) is 4.79 Å². The van der Waals surface area contributed by atoms with Crippen molar-refractivity contribution in [3.8, 4) is 5.88 Å². The zero-order valence-electron chi connectivity index (χ0n) is 11.0. The normalized spacial score (nSPS) is 11.2. The van der Waals surface area contributed by atoms with E-state index < -0.39 is 11.7 Å². The molecule has 7 heteroatoms. The predicted octanol–water partition coefficient (Wildman–Crippen LogP) is 2.93. The molecule has 0 aliphatic carbocycles. The molecule has 21 heavy (non-hydrogen) atoms. The molecule has 0 radical (unpaired) electrons. The molecule has 1 aromatic heterocycles. The number of aromatic nitrogens is 2. The number of hydrogen-bond acceptors (Lipinski definition) is 4. The summed E-state index contributed by atoms with van der Waals surface area (Å²) in [5.41, 5.74) is -0.116. The fourth-order valence-electron chi connectivity index (χ4n) is 1.69. The van der Waals surface area contributed by atoms with E-state index >= 15 is 0 Å². The Hall–Kier alpha value is -2.44. The summed E-state index contributed by atoms with van der Waals surface area (Å²) in [6, 6.07) is 5.83. The van der Waals surface area contributed by atoms with Gasteiger partial charge >= 0.3 is 6.18 Å². The van der Waals surface area contributed by atoms with Crippen molar-refractivity contribution >= 4 is 5.78 Å². The number of hydrogen-bond donors (Lipinski definition) is 0. The van der Waals surface area contributed by atoms with Crippen LogP contribution in [0.1, 0.15) is 21.6 Å². The Morgan fingerprint density at radius 2 is 1.86 bits per heavy atom. The topological polar surface area (TPSA) is 52.1 Å². The average Bonchev–Trinajstić information content (AvgIpc) is 2.47. The maximum atomic E-state index is 12.4. The largest absolute Gasteiger partial charge is 0.481 e. The van der Waals surface area contributed by atoms with Gasteiger partial charge in [0.15, 0.2) is 5.78 Å². The number of Topliss-reactive ketones (excluding diaryl/α,β-unsaturated/α-hetero) is 1. The van der Waals surface area contributed by atoms with Crippen LogP contribution in [0.2, 0.25) is 0 Å². The van der Waals surface area contributed by atoms with Crippen LogP contribution in [0.15, 0.2) is 36.7 Å². The molecule has 110 valence electrons. The standard InChI is InChI=1S/C14H11F3N2O2/c1-21-13-7-11(18-8-19-13)12(20)6-9-2-4-10(5-3-9)14(15,16)17/h2-5,7-8H,6H2,1H3. The summed E-state index contributed by atoms with van der Waals surface area (Å²) >= 11 is 0. The van der Waals surface area contributed by atoms with Gasteiger partial charge in [0, 0.05) is 12.5 Å². The third-order valence-corrected chi connectivity index (χ3v) is 2.78. The number of methoxy groups -OCH3 is 1. The summed E-state index contributed by atoms with van der Waals surface area (Å²) in [7, 11) is 1.41. The molecule has 0 amide bonds. The highest BCUT2D eigenvalue weighted by atomic mass is 19.4. The van der Waals surface area contributed by atoms with E-state index in [4.69, 9.17) is 4.74 Å². The molecular formula is C14H11F3N2O2. The SMILES string of the molecule is COc1cc(C(=O)Cc2ccc(C(F)(F)F)cc2)ncn1. The minimum absolute atomic E-state index is 0.0433. The van der Waals surface area contributed by atoms with Crippen LogP contribution in [0.25, 0.3) is 0 Å². The number of benzene rings is 1. The first-order chi connectivity index (χ1) is 9.90. The molecule has 0 aliphatic heterocycles. The van der Waals surface area contributed by atoms with Crippen LogP contribution in [0.4, 0.5) is 13.2 Å². The highest BCUT2D eigenvalue weighted by Crippen LogP contribution is 2.29. The van der Waals surface area contributed by atoms with Crippen molar-refractivity contribution in [2.75, 3.05) is 7.11 Å². The van der Waals surface area contributed by atoms with Crippen molar-refractivity contribution in [2.24, 2.45) is 0 Å². The van der Waals surface area contributed by atoms with Gasteiger partial charge in [0.05, 0.1) is 12.7 Å². The van der Waals surface area contributed by atoms with Crippen LogP contribution in [0, 0.1) is 0 Å². The zero-order chi connectivity index (χ0) is 15.5. The number of halogens is 3. The molecule has 2 aromatic rings. The molecule has 0 aliphatic rings. The monoisotopic (exact) mass is 296 g/mol. The molecule has 0 fully saturated rings. The van der Waals surface area contributed by atoms with Crippen molar-refractivity contribution in [1.82, 2.24) is 9.97 Å². The van der Waals surface area contributed by atoms with E-state index in [2.05, 4.69) is 9.97 Å². The Bertz CT molecular complexity index is 639. The highest BCUT2D eigenvalue weighted by Gasteiger charge is 2.30. The van der Waals surface area contributed by atoms with E-state index in [0.29, 0.717) is 5.56 Å². The number of carbonyl (C=O) groups excluding carboxylic acids is 1. The van der Waals surface area contributed by atoms with Crippen LogP contribution in [-0.2, 0) is 12.6 Å². The van der Waals surface area contributed by atoms with Crippen molar-refractivity contribution in [1.29, 1.82) is 0 Å². The minimum Gasteiger partial charge on any atom is -0.481 e. The molecule has 0 bridgehead atoms. The van der Waals surface area contributed by atoms with Crippen molar-refractivity contribution in [2.45, 2.75) is 12.6 Å². The minimum atomic E-state index is -4.39. The summed E-state index contributed by atoms with van der Waals surface area (Å²) < 4.78 is 42.2. The third-order valence-electron chi connectivity index (χ3n) is 2.78. The smallest absolute Gasteiger partial charge is 0.416 e. The molecule has 1 aromatic carbocycles. The van der Waals surface area contributed by atoms with E-state index in [-0.39, 0.29) is 23.8 Å². The second-order valence-corrected chi connectivity index (χ2v) is 4.24. The van der Waals surface area contributed by atoms with Gasteiger partial charge in [-0.1, -0.05) is 12.1 Å². The van der Waals surface area contributed by atoms with Crippen LogP contribution in [0.3, 0.4) is 0 Å². The highest BCUT2D eigenvalue weighted by molar-refractivity contribution is 5.95. The van der Waals surface area contributed by atoms with Crippen LogP contribution < -0.4 is 4.74 Å². The lowest BCUT2D eigenvalue weighted by molar-refractivity contribution is -0.137. The molecule has 0 saturated carbocycles. The molecule has 0 N–H and O–H groups in total. The third kappa shape index (κ3) is 3.77. The maximum absolute atomic E-state index is 12.4. The Morgan fingerprint density at radius 3 is 2.43 bits per heavy atom. The summed E-state index contributed by atoms with van der Waals surface area (Å²) in [6.07, 6.45) is -3.24. The van der Waals surface area contributed by atoms with Gasteiger partial charge in [-0.2, -0.15) is 13.2 Å². The van der Waals surface area contributed by atoms with Gasteiger partial charge in [-0.15, -0.1) is 0 Å². The van der Waals surface area contributed by atoms with Gasteiger partial charge < -0.3 is 4.74 Å². The summed E-state index contributed by atoms with van der Waals surface area (Å²) in [5.74, 6) is -0.0729. The van der Waals surface area contributed by atoms with Gasteiger partial charge in [-0.05, 0) is 17.7 Å². The van der Waals surface area contributed by atoms with Gasteiger partial charge in [0.25, 0.3) is 0 Å². The Balaban J connectivity index is 2.12. The van der Waals surface area contributed by atoms with Gasteiger partial charge in [0.2, 0.25) is 5.88 Å². The number of carbonyl (C=O) groups is 1. The second kappa shape index (κ2) is 5.90. The summed E-state index contributed by atoms with van der Waals surface area (Å²) in [4.78, 5) is 19.6. The fraction of sp³-hybridized carbons (Fsp3) is 0.214. The van der Waals surface area contributed by atoms with E-state index in [9.17, 15) is 18.0 Å².